The second-order valence-electron chi connectivity index (χ2n) is 5.37. The molecule has 0 bridgehead atoms. The Bertz CT molecular complexity index is 578. The van der Waals surface area contributed by atoms with Gasteiger partial charge in [0.15, 0.2) is 0 Å². The summed E-state index contributed by atoms with van der Waals surface area (Å²) in [5.74, 6) is 0.557. The SMILES string of the molecule is CS(=O)(=O)Cl.CSS(=O)(=O)CCCCCCCCCCS(=O)(=O)SC. The molecule has 0 atom stereocenters. The summed E-state index contributed by atoms with van der Waals surface area (Å²) in [5.41, 5.74) is 0. The van der Waals surface area contributed by atoms with Gasteiger partial charge in [0, 0.05) is 10.7 Å². The summed E-state index contributed by atoms with van der Waals surface area (Å²) in [7, 11) is -2.60. The highest BCUT2D eigenvalue weighted by molar-refractivity contribution is 8.72. The normalized spacial score (nSPS) is 12.5. The molecule has 0 amide bonds. The average molecular weight is 477 g/mol. The highest BCUT2D eigenvalue weighted by Gasteiger charge is 2.08. The molecular weight excluding hydrogens is 448 g/mol. The van der Waals surface area contributed by atoms with Crippen LogP contribution in [-0.4, -0.2) is 55.5 Å². The zero-order valence-electron chi connectivity index (χ0n) is 14.9. The summed E-state index contributed by atoms with van der Waals surface area (Å²) < 4.78 is 63.7. The molecular formula is C13H29ClO6S5. The fourth-order valence-corrected chi connectivity index (χ4v) is 4.94. The van der Waals surface area contributed by atoms with Gasteiger partial charge in [-0.15, -0.1) is 0 Å². The second kappa shape index (κ2) is 14.8. The molecule has 12 heteroatoms. The maximum atomic E-state index is 11.2. The molecule has 0 aliphatic carbocycles. The molecule has 0 N–H and O–H groups in total. The van der Waals surface area contributed by atoms with Gasteiger partial charge in [0.2, 0.25) is 26.8 Å². The molecule has 0 saturated carbocycles. The van der Waals surface area contributed by atoms with Gasteiger partial charge in [0.05, 0.1) is 17.8 Å². The molecule has 6 nitrogen and oxygen atoms in total. The summed E-state index contributed by atoms with van der Waals surface area (Å²) >= 11 is 0. The number of hydrogen-bond donors (Lipinski definition) is 0. The van der Waals surface area contributed by atoms with E-state index in [0.717, 1.165) is 79.2 Å². The molecule has 25 heavy (non-hydrogen) atoms. The average Bonchev–Trinajstić information content (AvgIpc) is 2.47. The van der Waals surface area contributed by atoms with Crippen LogP contribution in [0.4, 0.5) is 0 Å². The summed E-state index contributed by atoms with van der Waals surface area (Å²) in [4.78, 5) is 0. The summed E-state index contributed by atoms with van der Waals surface area (Å²) in [6.45, 7) is 0. The summed E-state index contributed by atoms with van der Waals surface area (Å²) in [5, 5.41) is 0. The van der Waals surface area contributed by atoms with Crippen molar-refractivity contribution in [3.8, 4) is 0 Å². The fourth-order valence-electron chi connectivity index (χ4n) is 1.79. The molecule has 0 spiro atoms. The summed E-state index contributed by atoms with van der Waals surface area (Å²) in [6, 6.07) is 0. The first-order chi connectivity index (χ1) is 11.3. The molecule has 0 unspecified atom stereocenters. The predicted molar refractivity (Wildman–Crippen MR) is 112 cm³/mol. The molecule has 0 heterocycles. The maximum Gasteiger partial charge on any atom is 0.229 e. The van der Waals surface area contributed by atoms with Crippen molar-refractivity contribution >= 4 is 59.1 Å². The van der Waals surface area contributed by atoms with E-state index in [1.807, 2.05) is 0 Å². The lowest BCUT2D eigenvalue weighted by molar-refractivity contribution is 0.573. The quantitative estimate of drug-likeness (QED) is 0.225. The van der Waals surface area contributed by atoms with E-state index in [1.165, 1.54) is 0 Å². The lowest BCUT2D eigenvalue weighted by atomic mass is 10.1. The monoisotopic (exact) mass is 476 g/mol. The third kappa shape index (κ3) is 27.2. The molecule has 0 rings (SSSR count). The third-order valence-electron chi connectivity index (χ3n) is 3.05. The first-order valence-electron chi connectivity index (χ1n) is 7.79. The largest absolute Gasteiger partial charge is 0.229 e. The zero-order chi connectivity index (χ0) is 20.0. The van der Waals surface area contributed by atoms with Gasteiger partial charge in [-0.05, 0) is 46.9 Å². The Kier molecular flexibility index (Phi) is 16.7. The van der Waals surface area contributed by atoms with E-state index < -0.39 is 26.8 Å². The molecule has 0 saturated heterocycles. The van der Waals surface area contributed by atoms with E-state index in [1.54, 1.807) is 12.5 Å². The highest BCUT2D eigenvalue weighted by Crippen LogP contribution is 2.15. The van der Waals surface area contributed by atoms with Crippen molar-refractivity contribution in [3.05, 3.63) is 0 Å². The highest BCUT2D eigenvalue weighted by atomic mass is 35.7. The molecule has 154 valence electrons. The Labute approximate surface area is 165 Å². The van der Waals surface area contributed by atoms with Gasteiger partial charge in [0.1, 0.15) is 0 Å². The molecule has 0 fully saturated rings. The van der Waals surface area contributed by atoms with Gasteiger partial charge < -0.3 is 0 Å². The molecule has 0 aromatic rings. The van der Waals surface area contributed by atoms with E-state index in [2.05, 4.69) is 10.7 Å². The van der Waals surface area contributed by atoms with Gasteiger partial charge >= 0.3 is 0 Å². The van der Waals surface area contributed by atoms with Crippen molar-refractivity contribution in [2.45, 2.75) is 51.4 Å². The molecule has 0 aromatic carbocycles. The number of rotatable bonds is 13. The van der Waals surface area contributed by atoms with Crippen molar-refractivity contribution in [3.63, 3.8) is 0 Å². The lowest BCUT2D eigenvalue weighted by Gasteiger charge is -2.03. The van der Waals surface area contributed by atoms with E-state index in [9.17, 15) is 25.3 Å². The Hall–Kier alpha value is 0.840. The minimum Gasteiger partial charge on any atom is -0.217 e. The van der Waals surface area contributed by atoms with E-state index in [0.29, 0.717) is 0 Å². The number of halogens is 1. The standard InChI is InChI=1S/C12H26O4S4.CH3ClO2S/c1-17-19(13,14)11-9-7-5-3-4-6-8-10-12-20(15,16)18-2;1-5(2,3)4/h3-12H2,1-2H3;1H3. The van der Waals surface area contributed by atoms with Gasteiger partial charge in [-0.2, -0.15) is 0 Å². The fraction of sp³-hybridized carbons (Fsp3) is 1.00. The third-order valence-corrected chi connectivity index (χ3v) is 9.69. The smallest absolute Gasteiger partial charge is 0.217 e. The topological polar surface area (TPSA) is 102 Å². The minimum absolute atomic E-state index is 0.278. The second-order valence-corrected chi connectivity index (χ2v) is 17.2. The number of unbranched alkanes of at least 4 members (excludes halogenated alkanes) is 7. The van der Waals surface area contributed by atoms with Crippen LogP contribution in [-0.2, 0) is 26.8 Å². The summed E-state index contributed by atoms with van der Waals surface area (Å²) in [6.07, 6.45) is 11.9. The zero-order valence-corrected chi connectivity index (χ0v) is 19.8. The molecule has 0 aromatic heterocycles. The maximum absolute atomic E-state index is 11.2. The van der Waals surface area contributed by atoms with Gasteiger partial charge in [-0.1, -0.05) is 38.5 Å². The van der Waals surface area contributed by atoms with Crippen LogP contribution in [0.5, 0.6) is 0 Å². The van der Waals surface area contributed by atoms with Crippen LogP contribution in [0.15, 0.2) is 0 Å². The van der Waals surface area contributed by atoms with Crippen LogP contribution < -0.4 is 0 Å². The molecule has 0 aliphatic rings. The van der Waals surface area contributed by atoms with Gasteiger partial charge in [0.25, 0.3) is 0 Å². The first kappa shape index (κ1) is 28.1. The van der Waals surface area contributed by atoms with E-state index in [-0.39, 0.29) is 11.5 Å². The van der Waals surface area contributed by atoms with Crippen LogP contribution in [0, 0.1) is 0 Å². The van der Waals surface area contributed by atoms with Crippen LogP contribution >= 0.6 is 32.3 Å². The Morgan fingerprint density at radius 1 is 0.600 bits per heavy atom. The molecule has 0 aliphatic heterocycles. The van der Waals surface area contributed by atoms with Crippen LogP contribution in [0.25, 0.3) is 0 Å². The Morgan fingerprint density at radius 3 is 1.00 bits per heavy atom. The predicted octanol–water partition coefficient (Wildman–Crippen LogP) is 3.68. The van der Waals surface area contributed by atoms with Crippen molar-refractivity contribution in [2.24, 2.45) is 0 Å². The van der Waals surface area contributed by atoms with Crippen molar-refractivity contribution in [2.75, 3.05) is 30.3 Å². The van der Waals surface area contributed by atoms with Gasteiger partial charge in [-0.25, -0.2) is 25.3 Å². The number of hydrogen-bond acceptors (Lipinski definition) is 8. The van der Waals surface area contributed by atoms with Gasteiger partial charge in [-0.3, -0.25) is 0 Å². The minimum atomic E-state index is -3.19. The van der Waals surface area contributed by atoms with Crippen LogP contribution in [0.1, 0.15) is 51.4 Å². The first-order valence-corrected chi connectivity index (χ1v) is 17.3. The van der Waals surface area contributed by atoms with Crippen molar-refractivity contribution < 1.29 is 25.3 Å². The van der Waals surface area contributed by atoms with Crippen LogP contribution in [0.2, 0.25) is 0 Å². The van der Waals surface area contributed by atoms with Crippen molar-refractivity contribution in [1.29, 1.82) is 0 Å². The Morgan fingerprint density at radius 2 is 0.800 bits per heavy atom. The van der Waals surface area contributed by atoms with E-state index in [4.69, 9.17) is 0 Å². The Balaban J connectivity index is 0. The van der Waals surface area contributed by atoms with Crippen LogP contribution in [0.3, 0.4) is 0 Å². The molecule has 0 radical (unpaired) electrons. The lowest BCUT2D eigenvalue weighted by Crippen LogP contribution is -2.00. The van der Waals surface area contributed by atoms with E-state index >= 15 is 0 Å². The van der Waals surface area contributed by atoms with Crippen molar-refractivity contribution in [1.82, 2.24) is 0 Å².